The van der Waals surface area contributed by atoms with E-state index < -0.39 is 5.82 Å². The molecule has 1 amide bonds. The van der Waals surface area contributed by atoms with Crippen LogP contribution in [0, 0.1) is 24.1 Å². The van der Waals surface area contributed by atoms with Crippen LogP contribution < -0.4 is 5.32 Å². The average Bonchev–Trinajstić information content (AvgIpc) is 2.55. The molecule has 0 fully saturated rings. The first-order chi connectivity index (χ1) is 11.9. The molecule has 1 N–H and O–H groups in total. The van der Waals surface area contributed by atoms with E-state index in [-0.39, 0.29) is 24.0 Å². The van der Waals surface area contributed by atoms with E-state index in [1.165, 1.54) is 12.1 Å². The van der Waals surface area contributed by atoms with Crippen LogP contribution in [-0.4, -0.2) is 23.8 Å². The molecule has 0 spiro atoms. The van der Waals surface area contributed by atoms with Gasteiger partial charge in [0.15, 0.2) is 0 Å². The fourth-order valence-electron chi connectivity index (χ4n) is 2.11. The van der Waals surface area contributed by atoms with Gasteiger partial charge in [-0.15, -0.1) is 0 Å². The molecule has 0 aliphatic carbocycles. The number of methoxy groups -OCH3 is 1. The van der Waals surface area contributed by atoms with Crippen molar-refractivity contribution in [2.45, 2.75) is 18.6 Å². The van der Waals surface area contributed by atoms with Crippen LogP contribution in [-0.2, 0) is 16.1 Å². The topological polar surface area (TPSA) is 75.0 Å². The first-order valence-corrected chi connectivity index (χ1v) is 8.99. The molecule has 1 aromatic heterocycles. The molecular weight excluding hydrogens is 409 g/mol. The number of nitriles is 1. The maximum atomic E-state index is 13.8. The van der Waals surface area contributed by atoms with Crippen LogP contribution in [0.15, 0.2) is 33.8 Å². The number of pyridine rings is 1. The second-order valence-electron chi connectivity index (χ2n) is 5.11. The lowest BCUT2D eigenvalue weighted by molar-refractivity contribution is -0.113. The number of nitrogens with one attached hydrogen (secondary N) is 1. The zero-order valence-electron chi connectivity index (χ0n) is 13.6. The summed E-state index contributed by atoms with van der Waals surface area (Å²) < 4.78 is 19.4. The second-order valence-corrected chi connectivity index (χ2v) is 6.99. The third-order valence-electron chi connectivity index (χ3n) is 3.15. The van der Waals surface area contributed by atoms with Gasteiger partial charge in [-0.25, -0.2) is 9.37 Å². The van der Waals surface area contributed by atoms with Gasteiger partial charge in [0.2, 0.25) is 5.91 Å². The lowest BCUT2D eigenvalue weighted by Crippen LogP contribution is -2.15. The van der Waals surface area contributed by atoms with Gasteiger partial charge < -0.3 is 10.1 Å². The van der Waals surface area contributed by atoms with Crippen molar-refractivity contribution in [3.8, 4) is 6.07 Å². The Labute approximate surface area is 157 Å². The number of thioether (sulfide) groups is 1. The molecule has 8 heteroatoms. The van der Waals surface area contributed by atoms with E-state index in [1.54, 1.807) is 19.2 Å². The number of halogens is 2. The Morgan fingerprint density at radius 1 is 1.48 bits per heavy atom. The van der Waals surface area contributed by atoms with Crippen molar-refractivity contribution >= 4 is 39.3 Å². The van der Waals surface area contributed by atoms with Crippen LogP contribution in [0.4, 0.5) is 10.1 Å². The lowest BCUT2D eigenvalue weighted by atomic mass is 10.1. The minimum atomic E-state index is -0.526. The number of aromatic nitrogens is 1. The fourth-order valence-corrected chi connectivity index (χ4v) is 3.32. The monoisotopic (exact) mass is 423 g/mol. The first-order valence-electron chi connectivity index (χ1n) is 7.22. The number of anilines is 1. The number of hydrogen-bond donors (Lipinski definition) is 1. The highest BCUT2D eigenvalue weighted by Gasteiger charge is 2.14. The standard InChI is InChI=1S/C17H15BrFN3O2S/c1-10-5-11(8-24-2)13(7-20)17(21-10)25-9-16(23)22-15-4-3-12(18)6-14(15)19/h3-6H,8-9H2,1-2H3,(H,22,23). The summed E-state index contributed by atoms with van der Waals surface area (Å²) in [7, 11) is 1.55. The highest BCUT2D eigenvalue weighted by atomic mass is 79.9. The molecule has 130 valence electrons. The van der Waals surface area contributed by atoms with Crippen LogP contribution in [0.3, 0.4) is 0 Å². The minimum Gasteiger partial charge on any atom is -0.380 e. The predicted octanol–water partition coefficient (Wildman–Crippen LogP) is 4.04. The van der Waals surface area contributed by atoms with Gasteiger partial charge >= 0.3 is 0 Å². The van der Waals surface area contributed by atoms with E-state index in [0.29, 0.717) is 15.1 Å². The van der Waals surface area contributed by atoms with Crippen molar-refractivity contribution in [1.29, 1.82) is 5.26 Å². The Morgan fingerprint density at radius 2 is 2.24 bits per heavy atom. The van der Waals surface area contributed by atoms with E-state index in [2.05, 4.69) is 32.3 Å². The molecule has 2 aromatic rings. The number of carbonyl (C=O) groups is 1. The number of benzene rings is 1. The Morgan fingerprint density at radius 3 is 2.88 bits per heavy atom. The average molecular weight is 424 g/mol. The summed E-state index contributed by atoms with van der Waals surface area (Å²) >= 11 is 4.29. The molecule has 2 rings (SSSR count). The summed E-state index contributed by atoms with van der Waals surface area (Å²) in [5, 5.41) is 12.3. The number of ether oxygens (including phenoxy) is 1. The van der Waals surface area contributed by atoms with E-state index in [4.69, 9.17) is 4.74 Å². The summed E-state index contributed by atoms with van der Waals surface area (Å²) in [6.45, 7) is 2.10. The maximum absolute atomic E-state index is 13.8. The quantitative estimate of drug-likeness (QED) is 0.709. The van der Waals surface area contributed by atoms with E-state index in [0.717, 1.165) is 23.0 Å². The van der Waals surface area contributed by atoms with Gasteiger partial charge in [-0.3, -0.25) is 4.79 Å². The normalized spacial score (nSPS) is 10.4. The predicted molar refractivity (Wildman–Crippen MR) is 97.9 cm³/mol. The first kappa shape index (κ1) is 19.4. The van der Waals surface area contributed by atoms with Gasteiger partial charge in [-0.05, 0) is 36.8 Å². The van der Waals surface area contributed by atoms with Gasteiger partial charge in [0.05, 0.1) is 23.6 Å². The van der Waals surface area contributed by atoms with Crippen molar-refractivity contribution in [3.05, 3.63) is 51.4 Å². The molecule has 0 aliphatic rings. The summed E-state index contributed by atoms with van der Waals surface area (Å²) in [4.78, 5) is 16.4. The lowest BCUT2D eigenvalue weighted by Gasteiger charge is -2.10. The highest BCUT2D eigenvalue weighted by molar-refractivity contribution is 9.10. The van der Waals surface area contributed by atoms with Crippen molar-refractivity contribution < 1.29 is 13.9 Å². The van der Waals surface area contributed by atoms with Gasteiger partial charge in [-0.2, -0.15) is 5.26 Å². The number of hydrogen-bond acceptors (Lipinski definition) is 5. The smallest absolute Gasteiger partial charge is 0.234 e. The summed E-state index contributed by atoms with van der Waals surface area (Å²) in [5.41, 5.74) is 1.94. The number of rotatable bonds is 6. The number of amides is 1. The minimum absolute atomic E-state index is 0.00700. The zero-order valence-corrected chi connectivity index (χ0v) is 16.0. The van der Waals surface area contributed by atoms with Crippen LogP contribution in [0.5, 0.6) is 0 Å². The van der Waals surface area contributed by atoms with Gasteiger partial charge in [0.1, 0.15) is 16.9 Å². The Balaban J connectivity index is 2.10. The summed E-state index contributed by atoms with van der Waals surface area (Å²) in [6.07, 6.45) is 0. The zero-order chi connectivity index (χ0) is 18.4. The van der Waals surface area contributed by atoms with Crippen LogP contribution in [0.1, 0.15) is 16.8 Å². The van der Waals surface area contributed by atoms with Crippen molar-refractivity contribution in [3.63, 3.8) is 0 Å². The molecule has 0 bridgehead atoms. The molecule has 0 aliphatic heterocycles. The molecule has 0 saturated carbocycles. The largest absolute Gasteiger partial charge is 0.380 e. The molecule has 5 nitrogen and oxygen atoms in total. The third kappa shape index (κ3) is 5.26. The molecule has 0 radical (unpaired) electrons. The SMILES string of the molecule is COCc1cc(C)nc(SCC(=O)Nc2ccc(Br)cc2F)c1C#N. The molecule has 25 heavy (non-hydrogen) atoms. The fraction of sp³-hybridized carbons (Fsp3) is 0.235. The molecule has 1 aromatic carbocycles. The van der Waals surface area contributed by atoms with Crippen molar-refractivity contribution in [2.24, 2.45) is 0 Å². The second kappa shape index (κ2) is 8.94. The third-order valence-corrected chi connectivity index (χ3v) is 4.62. The Kier molecular flexibility index (Phi) is 6.93. The molecular formula is C17H15BrFN3O2S. The molecule has 0 atom stereocenters. The Hall–Kier alpha value is -1.95. The number of aryl methyl sites for hydroxylation is 1. The van der Waals surface area contributed by atoms with Crippen LogP contribution >= 0.6 is 27.7 Å². The van der Waals surface area contributed by atoms with Gasteiger partial charge in [0.25, 0.3) is 0 Å². The van der Waals surface area contributed by atoms with Crippen LogP contribution in [0.2, 0.25) is 0 Å². The van der Waals surface area contributed by atoms with Crippen LogP contribution in [0.25, 0.3) is 0 Å². The van der Waals surface area contributed by atoms with E-state index in [9.17, 15) is 14.4 Å². The van der Waals surface area contributed by atoms with E-state index >= 15 is 0 Å². The Bertz CT molecular complexity index is 839. The van der Waals surface area contributed by atoms with Crippen molar-refractivity contribution in [1.82, 2.24) is 4.98 Å². The number of nitrogens with zero attached hydrogens (tertiary/aromatic N) is 2. The molecule has 1 heterocycles. The maximum Gasteiger partial charge on any atom is 0.234 e. The number of carbonyl (C=O) groups excluding carboxylic acids is 1. The summed E-state index contributed by atoms with van der Waals surface area (Å²) in [5.74, 6) is -0.902. The van der Waals surface area contributed by atoms with E-state index in [1.807, 2.05) is 6.92 Å². The molecule has 0 saturated heterocycles. The molecule has 0 unspecified atom stereocenters. The van der Waals surface area contributed by atoms with Gasteiger partial charge in [-0.1, -0.05) is 27.7 Å². The summed E-state index contributed by atoms with van der Waals surface area (Å²) in [6, 6.07) is 8.27. The van der Waals surface area contributed by atoms with Gasteiger partial charge in [0, 0.05) is 17.3 Å². The van der Waals surface area contributed by atoms with Crippen molar-refractivity contribution in [2.75, 3.05) is 18.2 Å². The highest BCUT2D eigenvalue weighted by Crippen LogP contribution is 2.25.